The molecule has 2 heterocycles. The van der Waals surface area contributed by atoms with Crippen LogP contribution in [0.3, 0.4) is 0 Å². The Kier molecular flexibility index (Phi) is 5.50. The molecule has 0 radical (unpaired) electrons. The quantitative estimate of drug-likeness (QED) is 0.717. The number of carbonyl (C=O) groups is 1. The minimum atomic E-state index is -0.872. The van der Waals surface area contributed by atoms with Crippen molar-refractivity contribution in [2.75, 3.05) is 26.2 Å². The molecule has 0 atom stereocenters. The van der Waals surface area contributed by atoms with Gasteiger partial charge in [-0.1, -0.05) is 30.3 Å². The lowest BCUT2D eigenvalue weighted by Gasteiger charge is -2.34. The van der Waals surface area contributed by atoms with E-state index in [2.05, 4.69) is 33.2 Å². The molecule has 2 aromatic carbocycles. The van der Waals surface area contributed by atoms with Crippen LogP contribution in [0.2, 0.25) is 0 Å². The number of piperazine rings is 1. The van der Waals surface area contributed by atoms with Gasteiger partial charge < -0.3 is 5.11 Å². The highest BCUT2D eigenvalue weighted by molar-refractivity contribution is 5.87. The van der Waals surface area contributed by atoms with E-state index < -0.39 is 5.97 Å². The number of benzene rings is 2. The number of aromatic nitrogens is 2. The zero-order valence-corrected chi connectivity index (χ0v) is 15.7. The Hall–Kier alpha value is -2.96. The zero-order valence-electron chi connectivity index (χ0n) is 15.7. The van der Waals surface area contributed by atoms with Crippen LogP contribution in [0.15, 0.2) is 67.0 Å². The Morgan fingerprint density at radius 1 is 0.893 bits per heavy atom. The second-order valence-corrected chi connectivity index (χ2v) is 7.19. The number of nitrogens with zero attached hydrogens (tertiary/aromatic N) is 4. The van der Waals surface area contributed by atoms with Gasteiger partial charge in [0.2, 0.25) is 0 Å². The van der Waals surface area contributed by atoms with E-state index in [9.17, 15) is 4.79 Å². The lowest BCUT2D eigenvalue weighted by molar-refractivity contribution is 0.0696. The van der Waals surface area contributed by atoms with Crippen LogP contribution in [0.5, 0.6) is 0 Å². The Bertz CT molecular complexity index is 930. The molecule has 0 saturated carbocycles. The van der Waals surface area contributed by atoms with E-state index in [0.717, 1.165) is 50.5 Å². The summed E-state index contributed by atoms with van der Waals surface area (Å²) in [5.74, 6) is -0.872. The maximum Gasteiger partial charge on any atom is 0.335 e. The molecule has 1 N–H and O–H groups in total. The van der Waals surface area contributed by atoms with Crippen LogP contribution in [0.25, 0.3) is 5.69 Å². The normalized spacial score (nSPS) is 15.6. The maximum absolute atomic E-state index is 11.1. The van der Waals surface area contributed by atoms with E-state index in [0.29, 0.717) is 5.56 Å². The smallest absolute Gasteiger partial charge is 0.335 e. The van der Waals surface area contributed by atoms with Gasteiger partial charge in [0.1, 0.15) is 0 Å². The van der Waals surface area contributed by atoms with Crippen molar-refractivity contribution in [1.82, 2.24) is 19.6 Å². The first kappa shape index (κ1) is 18.4. The summed E-state index contributed by atoms with van der Waals surface area (Å²) in [6, 6.07) is 17.4. The summed E-state index contributed by atoms with van der Waals surface area (Å²) < 4.78 is 1.92. The molecular weight excluding hydrogens is 352 g/mol. The monoisotopic (exact) mass is 376 g/mol. The highest BCUT2D eigenvalue weighted by Crippen LogP contribution is 2.14. The molecule has 0 bridgehead atoms. The van der Waals surface area contributed by atoms with E-state index in [1.807, 2.05) is 41.2 Å². The SMILES string of the molecule is O=C(O)c1cccc(CN2CCN(Cc3cnn(-c4ccccc4)c3)CC2)c1. The van der Waals surface area contributed by atoms with Gasteiger partial charge in [-0.15, -0.1) is 0 Å². The number of hydrogen-bond acceptors (Lipinski definition) is 4. The van der Waals surface area contributed by atoms with Gasteiger partial charge >= 0.3 is 5.97 Å². The number of aromatic carboxylic acids is 1. The van der Waals surface area contributed by atoms with Crippen molar-refractivity contribution in [3.05, 3.63) is 83.7 Å². The minimum Gasteiger partial charge on any atom is -0.478 e. The summed E-state index contributed by atoms with van der Waals surface area (Å²) in [6.07, 6.45) is 4.04. The van der Waals surface area contributed by atoms with Gasteiger partial charge in [0.25, 0.3) is 0 Å². The number of para-hydroxylation sites is 1. The summed E-state index contributed by atoms with van der Waals surface area (Å²) in [4.78, 5) is 15.9. The summed E-state index contributed by atoms with van der Waals surface area (Å²) in [7, 11) is 0. The molecule has 0 unspecified atom stereocenters. The molecule has 1 aliphatic heterocycles. The molecule has 1 aliphatic rings. The zero-order chi connectivity index (χ0) is 19.3. The number of carboxylic acid groups (broad SMARTS) is 1. The van der Waals surface area contributed by atoms with Crippen molar-refractivity contribution in [1.29, 1.82) is 0 Å². The number of rotatable bonds is 6. The molecule has 0 aliphatic carbocycles. The van der Waals surface area contributed by atoms with E-state index in [1.165, 1.54) is 5.56 Å². The summed E-state index contributed by atoms with van der Waals surface area (Å²) >= 11 is 0. The van der Waals surface area contributed by atoms with Gasteiger partial charge in [0, 0.05) is 51.0 Å². The molecule has 6 heteroatoms. The molecule has 28 heavy (non-hydrogen) atoms. The topological polar surface area (TPSA) is 61.6 Å². The number of hydrogen-bond donors (Lipinski definition) is 1. The molecule has 1 fully saturated rings. The average Bonchev–Trinajstić information content (AvgIpc) is 3.19. The third-order valence-electron chi connectivity index (χ3n) is 5.11. The lowest BCUT2D eigenvalue weighted by atomic mass is 10.1. The first-order valence-electron chi connectivity index (χ1n) is 9.53. The van der Waals surface area contributed by atoms with Gasteiger partial charge in [-0.25, -0.2) is 9.48 Å². The van der Waals surface area contributed by atoms with Crippen LogP contribution in [0.4, 0.5) is 0 Å². The summed E-state index contributed by atoms with van der Waals surface area (Å²) in [5.41, 5.74) is 3.69. The molecule has 4 rings (SSSR count). The molecule has 3 aromatic rings. The van der Waals surface area contributed by atoms with Gasteiger partial charge in [-0.3, -0.25) is 9.80 Å². The molecule has 1 saturated heterocycles. The Balaban J connectivity index is 1.29. The van der Waals surface area contributed by atoms with Gasteiger partial charge in [-0.05, 0) is 29.8 Å². The first-order valence-corrected chi connectivity index (χ1v) is 9.53. The average molecular weight is 376 g/mol. The van der Waals surface area contributed by atoms with Crippen molar-refractivity contribution in [2.24, 2.45) is 0 Å². The van der Waals surface area contributed by atoms with Crippen molar-refractivity contribution in [3.63, 3.8) is 0 Å². The van der Waals surface area contributed by atoms with Crippen molar-refractivity contribution in [3.8, 4) is 5.69 Å². The fourth-order valence-electron chi connectivity index (χ4n) is 3.59. The minimum absolute atomic E-state index is 0.353. The van der Waals surface area contributed by atoms with Crippen LogP contribution >= 0.6 is 0 Å². The largest absolute Gasteiger partial charge is 0.478 e. The standard InChI is InChI=1S/C22H24N4O2/c27-22(28)20-6-4-5-18(13-20)15-24-9-11-25(12-10-24)16-19-14-23-26(17-19)21-7-2-1-3-8-21/h1-8,13-14,17H,9-12,15-16H2,(H,27,28). The first-order chi connectivity index (χ1) is 13.7. The Morgan fingerprint density at radius 3 is 2.25 bits per heavy atom. The fourth-order valence-corrected chi connectivity index (χ4v) is 3.59. The van der Waals surface area contributed by atoms with E-state index in [-0.39, 0.29) is 0 Å². The fraction of sp³-hybridized carbons (Fsp3) is 0.273. The van der Waals surface area contributed by atoms with Crippen LogP contribution in [-0.4, -0.2) is 56.8 Å². The summed E-state index contributed by atoms with van der Waals surface area (Å²) in [5, 5.41) is 13.6. The molecule has 144 valence electrons. The van der Waals surface area contributed by atoms with Crippen LogP contribution in [0, 0.1) is 0 Å². The lowest BCUT2D eigenvalue weighted by Crippen LogP contribution is -2.45. The van der Waals surface area contributed by atoms with Gasteiger partial charge in [-0.2, -0.15) is 5.10 Å². The molecule has 1 aromatic heterocycles. The Labute approximate surface area is 164 Å². The molecule has 6 nitrogen and oxygen atoms in total. The maximum atomic E-state index is 11.1. The predicted molar refractivity (Wildman–Crippen MR) is 108 cm³/mol. The third-order valence-corrected chi connectivity index (χ3v) is 5.11. The van der Waals surface area contributed by atoms with E-state index in [4.69, 9.17) is 5.11 Å². The molecule has 0 spiro atoms. The van der Waals surface area contributed by atoms with E-state index >= 15 is 0 Å². The Morgan fingerprint density at radius 2 is 1.57 bits per heavy atom. The number of carboxylic acids is 1. The highest BCUT2D eigenvalue weighted by atomic mass is 16.4. The van der Waals surface area contributed by atoms with Gasteiger partial charge in [0.15, 0.2) is 0 Å². The van der Waals surface area contributed by atoms with Gasteiger partial charge in [0.05, 0.1) is 17.4 Å². The third kappa shape index (κ3) is 4.47. The highest BCUT2D eigenvalue weighted by Gasteiger charge is 2.18. The van der Waals surface area contributed by atoms with Crippen LogP contribution in [0.1, 0.15) is 21.5 Å². The van der Waals surface area contributed by atoms with E-state index in [1.54, 1.807) is 12.1 Å². The van der Waals surface area contributed by atoms with Crippen LogP contribution < -0.4 is 0 Å². The second-order valence-electron chi connectivity index (χ2n) is 7.19. The van der Waals surface area contributed by atoms with Crippen molar-refractivity contribution in [2.45, 2.75) is 13.1 Å². The van der Waals surface area contributed by atoms with Crippen molar-refractivity contribution >= 4 is 5.97 Å². The predicted octanol–water partition coefficient (Wildman–Crippen LogP) is 2.89. The molecule has 0 amide bonds. The second kappa shape index (κ2) is 8.37. The summed E-state index contributed by atoms with van der Waals surface area (Å²) in [6.45, 7) is 5.63. The molecular formula is C22H24N4O2. The van der Waals surface area contributed by atoms with Crippen molar-refractivity contribution < 1.29 is 9.90 Å². The van der Waals surface area contributed by atoms with Crippen LogP contribution in [-0.2, 0) is 13.1 Å².